The number of hydrogen-bond acceptors (Lipinski definition) is 6. The van der Waals surface area contributed by atoms with Crippen LogP contribution >= 0.6 is 34.8 Å². The number of ether oxygens (including phenoxy) is 1. The molecule has 0 saturated carbocycles. The van der Waals surface area contributed by atoms with Gasteiger partial charge in [-0.3, -0.25) is 14.6 Å². The number of rotatable bonds is 7. The molecule has 4 rings (SSSR count). The van der Waals surface area contributed by atoms with Gasteiger partial charge in [-0.25, -0.2) is 9.37 Å². The molecule has 12 heteroatoms. The van der Waals surface area contributed by atoms with Crippen LogP contribution in [0.5, 0.6) is 0 Å². The molecule has 1 aliphatic carbocycles. The van der Waals surface area contributed by atoms with Gasteiger partial charge in [-0.05, 0) is 30.7 Å². The van der Waals surface area contributed by atoms with E-state index in [1.165, 1.54) is 19.2 Å². The fourth-order valence-corrected chi connectivity index (χ4v) is 4.88. The molecule has 0 fully saturated rings. The van der Waals surface area contributed by atoms with Crippen LogP contribution in [0.3, 0.4) is 0 Å². The largest absolute Gasteiger partial charge is 0.383 e. The molecule has 2 atom stereocenters. The minimum atomic E-state index is -1.36. The van der Waals surface area contributed by atoms with E-state index in [9.17, 15) is 14.0 Å². The molecule has 0 spiro atoms. The van der Waals surface area contributed by atoms with E-state index in [0.717, 1.165) is 12.3 Å². The highest BCUT2D eigenvalue weighted by Crippen LogP contribution is 2.35. The minimum absolute atomic E-state index is 0.0965. The molecule has 36 heavy (non-hydrogen) atoms. The molecule has 8 nitrogen and oxygen atoms in total. The van der Waals surface area contributed by atoms with Gasteiger partial charge in [0, 0.05) is 35.9 Å². The fraction of sp³-hybridized carbons (Fsp3) is 0.250. The van der Waals surface area contributed by atoms with Crippen molar-refractivity contribution in [2.45, 2.75) is 12.6 Å². The minimum Gasteiger partial charge on any atom is -0.383 e. The highest BCUT2D eigenvalue weighted by Gasteiger charge is 2.34. The highest BCUT2D eigenvalue weighted by molar-refractivity contribution is 6.42. The van der Waals surface area contributed by atoms with Crippen molar-refractivity contribution in [2.75, 3.05) is 25.6 Å². The van der Waals surface area contributed by atoms with Crippen molar-refractivity contribution < 1.29 is 18.7 Å². The lowest BCUT2D eigenvalue weighted by molar-refractivity contribution is -0.122. The number of aromatic nitrogens is 1. The van der Waals surface area contributed by atoms with Gasteiger partial charge < -0.3 is 20.7 Å². The van der Waals surface area contributed by atoms with Gasteiger partial charge in [-0.15, -0.1) is 0 Å². The second kappa shape index (κ2) is 11.4. The number of methoxy groups -OCH3 is 1. The third-order valence-electron chi connectivity index (χ3n) is 5.50. The molecule has 2 aromatic rings. The van der Waals surface area contributed by atoms with Gasteiger partial charge in [0.2, 0.25) is 6.17 Å². The summed E-state index contributed by atoms with van der Waals surface area (Å²) in [4.78, 5) is 34.8. The van der Waals surface area contributed by atoms with E-state index in [-0.39, 0.29) is 27.3 Å². The van der Waals surface area contributed by atoms with Gasteiger partial charge in [0.05, 0.1) is 34.1 Å². The summed E-state index contributed by atoms with van der Waals surface area (Å²) in [7, 11) is 1.52. The van der Waals surface area contributed by atoms with Gasteiger partial charge in [0.1, 0.15) is 11.6 Å². The van der Waals surface area contributed by atoms with E-state index >= 15 is 0 Å². The Bertz CT molecular complexity index is 1270. The van der Waals surface area contributed by atoms with Crippen LogP contribution in [-0.2, 0) is 9.53 Å². The first-order valence-electron chi connectivity index (χ1n) is 10.9. The molecular weight excluding hydrogens is 532 g/mol. The van der Waals surface area contributed by atoms with E-state index in [4.69, 9.17) is 39.5 Å². The van der Waals surface area contributed by atoms with Crippen LogP contribution in [0.25, 0.3) is 0 Å². The molecule has 2 heterocycles. The van der Waals surface area contributed by atoms with Crippen LogP contribution < -0.4 is 16.0 Å². The molecule has 3 N–H and O–H groups in total. The second-order valence-electron chi connectivity index (χ2n) is 7.93. The summed E-state index contributed by atoms with van der Waals surface area (Å²) in [5.41, 5.74) is 1.28. The van der Waals surface area contributed by atoms with Crippen molar-refractivity contribution in [1.82, 2.24) is 15.6 Å². The number of hydrogen-bond donors (Lipinski definition) is 3. The number of anilines is 1. The Morgan fingerprint density at radius 2 is 2.00 bits per heavy atom. The molecule has 0 saturated heterocycles. The number of amides is 2. The number of fused-ring (bicyclic) bond motifs is 1. The predicted octanol–water partition coefficient (Wildman–Crippen LogP) is 4.37. The number of benzene rings is 1. The zero-order valence-corrected chi connectivity index (χ0v) is 21.2. The Balaban J connectivity index is 1.73. The lowest BCUT2D eigenvalue weighted by Crippen LogP contribution is -2.44. The monoisotopic (exact) mass is 551 g/mol. The molecule has 1 aliphatic heterocycles. The number of allylic oxidation sites excluding steroid dienone is 4. The summed E-state index contributed by atoms with van der Waals surface area (Å²) in [6.07, 6.45) is 5.61. The van der Waals surface area contributed by atoms with Gasteiger partial charge in [0.25, 0.3) is 11.8 Å². The number of pyridine rings is 1. The first-order valence-corrected chi connectivity index (χ1v) is 12.0. The van der Waals surface area contributed by atoms with Crippen LogP contribution in [0.2, 0.25) is 15.1 Å². The smallest absolute Gasteiger partial charge is 0.269 e. The topological polar surface area (TPSA) is 105 Å². The van der Waals surface area contributed by atoms with Crippen molar-refractivity contribution >= 4 is 58.1 Å². The van der Waals surface area contributed by atoms with E-state index < -0.39 is 23.8 Å². The third-order valence-corrected chi connectivity index (χ3v) is 6.32. The van der Waals surface area contributed by atoms with E-state index in [2.05, 4.69) is 25.9 Å². The van der Waals surface area contributed by atoms with E-state index in [1.54, 1.807) is 6.08 Å². The summed E-state index contributed by atoms with van der Waals surface area (Å²) in [5.74, 6) is -2.29. The Hall–Kier alpha value is -2.98. The second-order valence-corrected chi connectivity index (χ2v) is 9.18. The summed E-state index contributed by atoms with van der Waals surface area (Å²) >= 11 is 19.1. The summed E-state index contributed by atoms with van der Waals surface area (Å²) < 4.78 is 19.0. The fourth-order valence-electron chi connectivity index (χ4n) is 3.87. The zero-order chi connectivity index (χ0) is 25.8. The van der Waals surface area contributed by atoms with Gasteiger partial charge >= 0.3 is 0 Å². The van der Waals surface area contributed by atoms with Crippen molar-refractivity contribution in [2.24, 2.45) is 10.9 Å². The van der Waals surface area contributed by atoms with Crippen LogP contribution in [0.4, 0.5) is 10.2 Å². The maximum atomic E-state index is 14.0. The van der Waals surface area contributed by atoms with Crippen molar-refractivity contribution in [1.29, 1.82) is 0 Å². The average Bonchev–Trinajstić information content (AvgIpc) is 2.96. The standard InChI is InChI=1S/C24H21Cl3FN5O3/c1-36-7-6-29-21-15(10-13(28)11-30-21)23(34)33-22-24(35)31-18-5-3-2-4-14(18)20(32-22)19-16(26)8-12(25)9-17(19)27/h2-3,5,8-11,14,22H,4,6-7H2,1H3,(H,29,30)(H,31,35)(H,33,34). The quantitative estimate of drug-likeness (QED) is 0.443. The number of halogens is 4. The Morgan fingerprint density at radius 1 is 1.25 bits per heavy atom. The Labute approximate surface area is 221 Å². The van der Waals surface area contributed by atoms with Crippen LogP contribution in [-0.4, -0.2) is 48.9 Å². The molecule has 2 unspecified atom stereocenters. The molecule has 0 radical (unpaired) electrons. The zero-order valence-electron chi connectivity index (χ0n) is 18.9. The Morgan fingerprint density at radius 3 is 2.72 bits per heavy atom. The van der Waals surface area contributed by atoms with Gasteiger partial charge in [-0.2, -0.15) is 0 Å². The lowest BCUT2D eigenvalue weighted by Gasteiger charge is -2.22. The summed E-state index contributed by atoms with van der Waals surface area (Å²) in [5, 5.41) is 9.13. The number of carbonyl (C=O) groups is 2. The SMILES string of the molecule is COCCNc1ncc(F)cc1C(=O)NC1N=C(c2c(Cl)cc(Cl)cc2Cl)C2CC=CC=C2NC1=O. The normalized spacial score (nSPS) is 19.0. The Kier molecular flexibility index (Phi) is 8.25. The first kappa shape index (κ1) is 26.1. The van der Waals surface area contributed by atoms with E-state index in [1.807, 2.05) is 12.2 Å². The highest BCUT2D eigenvalue weighted by atomic mass is 35.5. The molecule has 188 valence electrons. The van der Waals surface area contributed by atoms with Crippen molar-refractivity contribution in [3.63, 3.8) is 0 Å². The third kappa shape index (κ3) is 5.70. The van der Waals surface area contributed by atoms with Crippen LogP contribution in [0, 0.1) is 11.7 Å². The molecule has 1 aromatic carbocycles. The van der Waals surface area contributed by atoms with Crippen molar-refractivity contribution in [3.8, 4) is 0 Å². The summed E-state index contributed by atoms with van der Waals surface area (Å²) in [6, 6.07) is 4.08. The number of aliphatic imine (C=N–C) groups is 1. The lowest BCUT2D eigenvalue weighted by atomic mass is 9.88. The maximum absolute atomic E-state index is 14.0. The maximum Gasteiger partial charge on any atom is 0.269 e. The van der Waals surface area contributed by atoms with Gasteiger partial charge in [0.15, 0.2) is 0 Å². The molecular formula is C24H21Cl3FN5O3. The molecule has 2 amide bonds. The molecule has 0 bridgehead atoms. The van der Waals surface area contributed by atoms with E-state index in [0.29, 0.717) is 41.6 Å². The predicted molar refractivity (Wildman–Crippen MR) is 137 cm³/mol. The first-order chi connectivity index (χ1) is 17.3. The molecule has 2 aliphatic rings. The number of carbonyl (C=O) groups excluding carboxylic acids is 2. The van der Waals surface area contributed by atoms with Gasteiger partial charge in [-0.1, -0.05) is 47.0 Å². The molecule has 1 aromatic heterocycles. The average molecular weight is 553 g/mol. The van der Waals surface area contributed by atoms with Crippen molar-refractivity contribution in [3.05, 3.63) is 80.3 Å². The number of nitrogens with zero attached hydrogens (tertiary/aromatic N) is 2. The van der Waals surface area contributed by atoms with Crippen LogP contribution in [0.1, 0.15) is 22.3 Å². The number of nitrogens with one attached hydrogen (secondary N) is 3. The summed E-state index contributed by atoms with van der Waals surface area (Å²) in [6.45, 7) is 0.671. The van der Waals surface area contributed by atoms with Crippen LogP contribution in [0.15, 0.2) is 53.3 Å².